The number of benzene rings is 2. The van der Waals surface area contributed by atoms with Crippen molar-refractivity contribution in [2.75, 3.05) is 5.32 Å². The van der Waals surface area contributed by atoms with E-state index in [2.05, 4.69) is 10.6 Å². The highest BCUT2D eigenvalue weighted by Crippen LogP contribution is 2.26. The summed E-state index contributed by atoms with van der Waals surface area (Å²) < 4.78 is 0. The lowest BCUT2D eigenvalue weighted by Gasteiger charge is -2.18. The van der Waals surface area contributed by atoms with Crippen LogP contribution in [0.4, 0.5) is 5.69 Å². The van der Waals surface area contributed by atoms with E-state index >= 15 is 0 Å². The summed E-state index contributed by atoms with van der Waals surface area (Å²) in [6.45, 7) is 1.85. The average Bonchev–Trinajstić information content (AvgIpc) is 3.12. The van der Waals surface area contributed by atoms with Gasteiger partial charge in [0.1, 0.15) is 0 Å². The van der Waals surface area contributed by atoms with Crippen LogP contribution >= 0.6 is 0 Å². The molecule has 0 radical (unpaired) electrons. The fraction of sp³-hybridized carbons (Fsp3) is 0.286. The first-order valence-corrected chi connectivity index (χ1v) is 8.96. The summed E-state index contributed by atoms with van der Waals surface area (Å²) in [5, 5.41) is 14.9. The Morgan fingerprint density at radius 3 is 2.41 bits per heavy atom. The van der Waals surface area contributed by atoms with E-state index < -0.39 is 11.9 Å². The quantitative estimate of drug-likeness (QED) is 0.757. The molecule has 1 aliphatic rings. The van der Waals surface area contributed by atoms with E-state index in [4.69, 9.17) is 0 Å². The van der Waals surface area contributed by atoms with Crippen LogP contribution in [-0.4, -0.2) is 28.9 Å². The summed E-state index contributed by atoms with van der Waals surface area (Å²) in [5.41, 5.74) is 2.31. The molecule has 0 unspecified atom stereocenters. The van der Waals surface area contributed by atoms with Crippen LogP contribution in [0.5, 0.6) is 0 Å². The van der Waals surface area contributed by atoms with Crippen LogP contribution in [0.25, 0.3) is 0 Å². The molecule has 0 spiro atoms. The molecule has 2 amide bonds. The Labute approximate surface area is 157 Å². The van der Waals surface area contributed by atoms with Crippen LogP contribution in [0, 0.1) is 12.8 Å². The topological polar surface area (TPSA) is 95.5 Å². The second-order valence-electron chi connectivity index (χ2n) is 6.81. The molecule has 6 nitrogen and oxygen atoms in total. The maximum absolute atomic E-state index is 12.6. The zero-order valence-corrected chi connectivity index (χ0v) is 15.1. The number of anilines is 1. The predicted octanol–water partition coefficient (Wildman–Crippen LogP) is 3.23. The third kappa shape index (κ3) is 4.34. The molecule has 0 heterocycles. The Hall–Kier alpha value is -3.15. The Bertz CT molecular complexity index is 864. The fourth-order valence-electron chi connectivity index (χ4n) is 3.36. The van der Waals surface area contributed by atoms with Crippen LogP contribution in [0.15, 0.2) is 48.5 Å². The van der Waals surface area contributed by atoms with Gasteiger partial charge in [0.2, 0.25) is 0 Å². The number of nitrogens with one attached hydrogen (secondary N) is 2. The van der Waals surface area contributed by atoms with Gasteiger partial charge < -0.3 is 15.7 Å². The van der Waals surface area contributed by atoms with Gasteiger partial charge in [0.25, 0.3) is 11.8 Å². The van der Waals surface area contributed by atoms with E-state index in [1.54, 1.807) is 42.5 Å². The lowest BCUT2D eigenvalue weighted by atomic mass is 10.0. The van der Waals surface area contributed by atoms with Gasteiger partial charge in [-0.1, -0.05) is 30.7 Å². The molecule has 2 atom stereocenters. The van der Waals surface area contributed by atoms with E-state index in [-0.39, 0.29) is 17.9 Å². The highest BCUT2D eigenvalue weighted by molar-refractivity contribution is 6.05. The molecule has 1 aliphatic carbocycles. The number of aliphatic carboxylic acids is 1. The lowest BCUT2D eigenvalue weighted by molar-refractivity contribution is -0.142. The third-order valence-corrected chi connectivity index (χ3v) is 4.93. The number of amides is 2. The smallest absolute Gasteiger partial charge is 0.308 e. The van der Waals surface area contributed by atoms with Crippen LogP contribution in [0.2, 0.25) is 0 Å². The molecule has 1 saturated carbocycles. The molecule has 27 heavy (non-hydrogen) atoms. The molecule has 0 aromatic heterocycles. The summed E-state index contributed by atoms with van der Waals surface area (Å²) in [4.78, 5) is 36.2. The van der Waals surface area contributed by atoms with Crippen molar-refractivity contribution in [2.24, 2.45) is 5.92 Å². The van der Waals surface area contributed by atoms with E-state index in [0.29, 0.717) is 29.7 Å². The number of hydrogen-bond donors (Lipinski definition) is 3. The second kappa shape index (κ2) is 8.03. The number of carboxylic acids is 1. The Morgan fingerprint density at radius 2 is 1.70 bits per heavy atom. The van der Waals surface area contributed by atoms with E-state index in [1.165, 1.54) is 0 Å². The lowest BCUT2D eigenvalue weighted by Crippen LogP contribution is -2.40. The standard InChI is InChI=1S/C21H22N2O4/c1-13-10-11-15(20(25)22-17-9-5-8-16(17)21(26)27)12-18(13)23-19(24)14-6-3-2-4-7-14/h2-4,6-7,10-12,16-17H,5,8-9H2,1H3,(H,22,25)(H,23,24)(H,26,27)/t16-,17+/m0/s1. The Balaban J connectivity index is 1.73. The molecule has 6 heteroatoms. The van der Waals surface area contributed by atoms with Crippen LogP contribution in [-0.2, 0) is 4.79 Å². The number of carbonyl (C=O) groups excluding carboxylic acids is 2. The maximum Gasteiger partial charge on any atom is 0.308 e. The minimum absolute atomic E-state index is 0.252. The molecule has 3 N–H and O–H groups in total. The van der Waals surface area contributed by atoms with Crippen LogP contribution in [0.1, 0.15) is 45.5 Å². The Kier molecular flexibility index (Phi) is 5.54. The first-order chi connectivity index (χ1) is 13.0. The molecule has 2 aromatic carbocycles. The van der Waals surface area contributed by atoms with E-state index in [1.807, 2.05) is 13.0 Å². The summed E-state index contributed by atoms with van der Waals surface area (Å²) in [7, 11) is 0. The van der Waals surface area contributed by atoms with Crippen molar-refractivity contribution in [3.8, 4) is 0 Å². The van der Waals surface area contributed by atoms with Crippen molar-refractivity contribution in [1.82, 2.24) is 5.32 Å². The minimum Gasteiger partial charge on any atom is -0.481 e. The zero-order chi connectivity index (χ0) is 19.4. The van der Waals surface area contributed by atoms with Crippen LogP contribution < -0.4 is 10.6 Å². The highest BCUT2D eigenvalue weighted by Gasteiger charge is 2.34. The summed E-state index contributed by atoms with van der Waals surface area (Å²) in [5.74, 6) is -2.00. The first-order valence-electron chi connectivity index (χ1n) is 8.96. The predicted molar refractivity (Wildman–Crippen MR) is 102 cm³/mol. The molecule has 0 aliphatic heterocycles. The van der Waals surface area contributed by atoms with Crippen molar-refractivity contribution in [3.63, 3.8) is 0 Å². The number of carboxylic acid groups (broad SMARTS) is 1. The largest absolute Gasteiger partial charge is 0.481 e. The molecule has 140 valence electrons. The van der Waals surface area contributed by atoms with Crippen molar-refractivity contribution >= 4 is 23.5 Å². The second-order valence-corrected chi connectivity index (χ2v) is 6.81. The average molecular weight is 366 g/mol. The number of rotatable bonds is 5. The molecule has 1 fully saturated rings. The van der Waals surface area contributed by atoms with Gasteiger partial charge in [-0.05, 0) is 49.6 Å². The molecular formula is C21H22N2O4. The fourth-order valence-corrected chi connectivity index (χ4v) is 3.36. The van der Waals surface area contributed by atoms with E-state index in [0.717, 1.165) is 12.0 Å². The summed E-state index contributed by atoms with van der Waals surface area (Å²) in [6, 6.07) is 13.5. The zero-order valence-electron chi connectivity index (χ0n) is 15.1. The highest BCUT2D eigenvalue weighted by atomic mass is 16.4. The Morgan fingerprint density at radius 1 is 0.963 bits per heavy atom. The van der Waals surface area contributed by atoms with Crippen LogP contribution in [0.3, 0.4) is 0 Å². The van der Waals surface area contributed by atoms with Gasteiger partial charge in [0, 0.05) is 22.9 Å². The van der Waals surface area contributed by atoms with Gasteiger partial charge >= 0.3 is 5.97 Å². The van der Waals surface area contributed by atoms with Gasteiger partial charge in [-0.25, -0.2) is 0 Å². The van der Waals surface area contributed by atoms with Gasteiger partial charge in [-0.2, -0.15) is 0 Å². The van der Waals surface area contributed by atoms with Crippen molar-refractivity contribution in [1.29, 1.82) is 0 Å². The third-order valence-electron chi connectivity index (χ3n) is 4.93. The molecule has 2 aromatic rings. The van der Waals surface area contributed by atoms with Gasteiger partial charge in [-0.3, -0.25) is 14.4 Å². The van der Waals surface area contributed by atoms with Gasteiger partial charge in [0.15, 0.2) is 0 Å². The van der Waals surface area contributed by atoms with Crippen molar-refractivity contribution in [3.05, 3.63) is 65.2 Å². The molecule has 3 rings (SSSR count). The summed E-state index contributed by atoms with van der Waals surface area (Å²) in [6.07, 6.45) is 2.02. The van der Waals surface area contributed by atoms with Crippen molar-refractivity contribution < 1.29 is 19.5 Å². The SMILES string of the molecule is Cc1ccc(C(=O)N[C@@H]2CCC[C@@H]2C(=O)O)cc1NC(=O)c1ccccc1. The molecule has 0 saturated heterocycles. The van der Waals surface area contributed by atoms with Gasteiger partial charge in [0.05, 0.1) is 5.92 Å². The monoisotopic (exact) mass is 366 g/mol. The van der Waals surface area contributed by atoms with Gasteiger partial charge in [-0.15, -0.1) is 0 Å². The van der Waals surface area contributed by atoms with Crippen molar-refractivity contribution in [2.45, 2.75) is 32.2 Å². The molecular weight excluding hydrogens is 344 g/mol. The summed E-state index contributed by atoms with van der Waals surface area (Å²) >= 11 is 0. The number of aryl methyl sites for hydroxylation is 1. The van der Waals surface area contributed by atoms with E-state index in [9.17, 15) is 19.5 Å². The minimum atomic E-state index is -0.877. The molecule has 0 bridgehead atoms. The maximum atomic E-state index is 12.6. The normalized spacial score (nSPS) is 18.7. The first kappa shape index (κ1) is 18.6. The number of hydrogen-bond acceptors (Lipinski definition) is 3. The number of carbonyl (C=O) groups is 3.